The quantitative estimate of drug-likeness (QED) is 0.177. The first-order chi connectivity index (χ1) is 18.9. The van der Waals surface area contributed by atoms with E-state index in [0.29, 0.717) is 0 Å². The van der Waals surface area contributed by atoms with Crippen molar-refractivity contribution in [3.8, 4) is 0 Å². The van der Waals surface area contributed by atoms with E-state index in [9.17, 15) is 0 Å². The topological polar surface area (TPSA) is 0 Å². The summed E-state index contributed by atoms with van der Waals surface area (Å²) in [6.45, 7) is 0. The van der Waals surface area contributed by atoms with Crippen LogP contribution in [0.1, 0.15) is 0 Å². The van der Waals surface area contributed by atoms with Crippen molar-refractivity contribution in [1.82, 2.24) is 0 Å². The van der Waals surface area contributed by atoms with E-state index in [1.165, 1.54) is 0 Å². The minimum atomic E-state index is -2.17. The molecule has 0 bridgehead atoms. The summed E-state index contributed by atoms with van der Waals surface area (Å²) in [5.41, 5.74) is 0. The second-order valence-corrected chi connectivity index (χ2v) is 28.2. The fourth-order valence-electron chi connectivity index (χ4n) is 4.63. The van der Waals surface area contributed by atoms with E-state index in [2.05, 4.69) is 182 Å². The Hall–Kier alpha value is -2.24. The Bertz CT molecular complexity index is 1170. The molecule has 0 saturated heterocycles. The molecule has 6 rings (SSSR count). The van der Waals surface area contributed by atoms with E-state index >= 15 is 0 Å². The third kappa shape index (κ3) is 8.88. The molecule has 40 heavy (non-hydrogen) atoms. The summed E-state index contributed by atoms with van der Waals surface area (Å²) in [6, 6.07) is 66.0. The molecule has 0 atom stereocenters. The van der Waals surface area contributed by atoms with Crippen molar-refractivity contribution < 1.29 is 18.9 Å². The van der Waals surface area contributed by atoms with Gasteiger partial charge < -0.3 is 7.43 Å². The summed E-state index contributed by atoms with van der Waals surface area (Å²) in [5.74, 6) is 0. The molecule has 2 radical (unpaired) electrons. The van der Waals surface area contributed by atoms with Gasteiger partial charge in [-0.05, 0) is 0 Å². The van der Waals surface area contributed by atoms with Gasteiger partial charge in [0.15, 0.2) is 0 Å². The van der Waals surface area contributed by atoms with Crippen LogP contribution in [0.15, 0.2) is 182 Å². The maximum absolute atomic E-state index is 2.29. The van der Waals surface area contributed by atoms with Crippen LogP contribution in [0.5, 0.6) is 0 Å². The summed E-state index contributed by atoms with van der Waals surface area (Å²) < 4.78 is 9.28. The van der Waals surface area contributed by atoms with Gasteiger partial charge in [-0.3, -0.25) is 0 Å². The van der Waals surface area contributed by atoms with Crippen LogP contribution in [0.25, 0.3) is 0 Å². The summed E-state index contributed by atoms with van der Waals surface area (Å²) in [6.07, 6.45) is 0. The van der Waals surface area contributed by atoms with Crippen molar-refractivity contribution in [2.45, 2.75) is 0 Å². The summed E-state index contributed by atoms with van der Waals surface area (Å²) >= 11 is -4.34. The average Bonchev–Trinajstić information content (AvgIpc) is 3.01. The Kier molecular flexibility index (Phi) is 14.2. The summed E-state index contributed by atoms with van der Waals surface area (Å²) in [5, 5.41) is 0. The molecule has 0 aliphatic heterocycles. The molecular formula is C37H33LiPb2. The number of benzene rings is 6. The molecule has 6 aromatic rings. The first kappa shape index (κ1) is 32.3. The van der Waals surface area contributed by atoms with Crippen molar-refractivity contribution in [2.24, 2.45) is 0 Å². The molecule has 0 saturated carbocycles. The van der Waals surface area contributed by atoms with Crippen molar-refractivity contribution in [2.75, 3.05) is 0 Å². The molecule has 0 aromatic heterocycles. The zero-order valence-corrected chi connectivity index (χ0v) is 31.1. The fraction of sp³-hybridized carbons (Fsp3) is 0. The van der Waals surface area contributed by atoms with E-state index in [1.807, 2.05) is 0 Å². The Morgan fingerprint density at radius 2 is 0.350 bits per heavy atom. The van der Waals surface area contributed by atoms with Crippen LogP contribution in [0.3, 0.4) is 0 Å². The van der Waals surface area contributed by atoms with E-state index in [0.717, 1.165) is 0 Å². The van der Waals surface area contributed by atoms with Crippen LogP contribution in [0.4, 0.5) is 0 Å². The number of rotatable bonds is 6. The van der Waals surface area contributed by atoms with Gasteiger partial charge in [0.2, 0.25) is 0 Å². The molecule has 0 nitrogen and oxygen atoms in total. The molecule has 190 valence electrons. The van der Waals surface area contributed by atoms with Gasteiger partial charge in [-0.25, -0.2) is 0 Å². The molecule has 0 fully saturated rings. The van der Waals surface area contributed by atoms with Crippen LogP contribution in [0, 0.1) is 7.43 Å². The predicted octanol–water partition coefficient (Wildman–Crippen LogP) is 1.86. The minimum absolute atomic E-state index is 0. The third-order valence-corrected chi connectivity index (χ3v) is 27.6. The van der Waals surface area contributed by atoms with Crippen LogP contribution in [-0.2, 0) is 0 Å². The van der Waals surface area contributed by atoms with Crippen molar-refractivity contribution in [1.29, 1.82) is 0 Å². The van der Waals surface area contributed by atoms with Gasteiger partial charge in [-0.15, -0.1) is 0 Å². The van der Waals surface area contributed by atoms with Gasteiger partial charge in [-0.1, -0.05) is 0 Å². The fourth-order valence-corrected chi connectivity index (χ4v) is 24.7. The molecule has 0 spiro atoms. The predicted molar refractivity (Wildman–Crippen MR) is 174 cm³/mol. The van der Waals surface area contributed by atoms with E-state index in [-0.39, 0.29) is 26.3 Å². The maximum atomic E-state index is 2.29. The standard InChI is InChI=1S/6C6H5.CH3.Li.2Pb/c6*1-2-4-6-5-3-1;;;;/h6*1-5H;1H3;;;/q;;;;;;-1;+1;;. The van der Waals surface area contributed by atoms with Crippen LogP contribution >= 0.6 is 0 Å². The molecule has 0 aliphatic rings. The van der Waals surface area contributed by atoms with E-state index in [4.69, 9.17) is 0 Å². The average molecular weight is 899 g/mol. The Labute approximate surface area is 269 Å². The zero-order chi connectivity index (χ0) is 25.8. The van der Waals surface area contributed by atoms with Crippen molar-refractivity contribution >= 4 is 64.1 Å². The van der Waals surface area contributed by atoms with Gasteiger partial charge in [0.05, 0.1) is 0 Å². The molecule has 0 amide bonds. The molecule has 0 aliphatic carbocycles. The van der Waals surface area contributed by atoms with Gasteiger partial charge in [0, 0.05) is 0 Å². The first-order valence-electron chi connectivity index (χ1n) is 13.0. The molecule has 3 heteroatoms. The third-order valence-electron chi connectivity index (χ3n) is 6.37. The second-order valence-electron chi connectivity index (χ2n) is 8.95. The Morgan fingerprint density at radius 1 is 0.225 bits per heavy atom. The van der Waals surface area contributed by atoms with Crippen molar-refractivity contribution in [3.63, 3.8) is 0 Å². The number of hydrogen-bond acceptors (Lipinski definition) is 0. The molecule has 0 unspecified atom stereocenters. The van der Waals surface area contributed by atoms with Crippen molar-refractivity contribution in [3.05, 3.63) is 189 Å². The van der Waals surface area contributed by atoms with Gasteiger partial charge in [0.25, 0.3) is 0 Å². The molecule has 0 heterocycles. The van der Waals surface area contributed by atoms with Crippen LogP contribution in [0.2, 0.25) is 0 Å². The molecule has 0 N–H and O–H groups in total. The van der Waals surface area contributed by atoms with Gasteiger partial charge in [0.1, 0.15) is 0 Å². The van der Waals surface area contributed by atoms with Crippen LogP contribution < -0.4 is 37.6 Å². The Morgan fingerprint density at radius 3 is 0.475 bits per heavy atom. The molecular weight excluding hydrogens is 866 g/mol. The van der Waals surface area contributed by atoms with Gasteiger partial charge in [-0.2, -0.15) is 0 Å². The zero-order valence-electron chi connectivity index (χ0n) is 23.3. The number of hydrogen-bond donors (Lipinski definition) is 0. The van der Waals surface area contributed by atoms with E-state index < -0.39 is 45.4 Å². The second kappa shape index (κ2) is 17.5. The Balaban J connectivity index is 0.000000210. The van der Waals surface area contributed by atoms with E-state index in [1.54, 1.807) is 18.7 Å². The van der Waals surface area contributed by atoms with Gasteiger partial charge >= 0.3 is 265 Å². The van der Waals surface area contributed by atoms with Crippen LogP contribution in [-0.4, -0.2) is 45.4 Å². The SMILES string of the molecule is [CH3-].[Li+].c1cc[c]([Pb]([c]2ccccc2)[c]2ccccc2)cc1.c1cc[c]([Pb]([c]2ccccc2)[c]2ccccc2)cc1. The summed E-state index contributed by atoms with van der Waals surface area (Å²) in [7, 11) is 0. The summed E-state index contributed by atoms with van der Waals surface area (Å²) in [4.78, 5) is 0. The normalized spacial score (nSPS) is 10.1. The monoisotopic (exact) mass is 900 g/mol. The first-order valence-corrected chi connectivity index (χ1v) is 24.6. The molecule has 6 aromatic carbocycles.